The van der Waals surface area contributed by atoms with Gasteiger partial charge in [-0.3, -0.25) is 5.10 Å². The first-order valence-electron chi connectivity index (χ1n) is 9.30. The second kappa shape index (κ2) is 7.49. The van der Waals surface area contributed by atoms with Crippen LogP contribution >= 0.6 is 0 Å². The molecule has 1 aliphatic rings. The lowest BCUT2D eigenvalue weighted by molar-refractivity contribution is 0.566. The van der Waals surface area contributed by atoms with Gasteiger partial charge in [-0.05, 0) is 25.8 Å². The van der Waals surface area contributed by atoms with Gasteiger partial charge in [0.2, 0.25) is 11.9 Å². The summed E-state index contributed by atoms with van der Waals surface area (Å²) in [6.07, 6.45) is 2.97. The number of benzene rings is 1. The fourth-order valence-corrected chi connectivity index (χ4v) is 2.94. The zero-order chi connectivity index (χ0) is 19.7. The summed E-state index contributed by atoms with van der Waals surface area (Å²) < 4.78 is 27.2. The van der Waals surface area contributed by atoms with Crippen LogP contribution in [0.1, 0.15) is 55.7 Å². The minimum absolute atomic E-state index is 0.309. The van der Waals surface area contributed by atoms with Crippen LogP contribution in [0, 0.1) is 11.6 Å². The maximum absolute atomic E-state index is 14.0. The number of H-pyrrole nitrogens is 1. The summed E-state index contributed by atoms with van der Waals surface area (Å²) in [6.45, 7) is 3.69. The van der Waals surface area contributed by atoms with Crippen LogP contribution < -0.4 is 10.6 Å². The molecule has 146 valence electrons. The molecule has 0 bridgehead atoms. The van der Waals surface area contributed by atoms with E-state index in [1.165, 1.54) is 25.0 Å². The fourth-order valence-electron chi connectivity index (χ4n) is 2.94. The van der Waals surface area contributed by atoms with Crippen molar-refractivity contribution in [3.8, 4) is 0 Å². The Hall–Kier alpha value is -3.10. The molecule has 1 saturated carbocycles. The molecule has 0 saturated heterocycles. The molecule has 0 spiro atoms. The Morgan fingerprint density at radius 3 is 2.64 bits per heavy atom. The number of hydrogen-bond acceptors (Lipinski definition) is 6. The molecule has 0 amide bonds. The summed E-state index contributed by atoms with van der Waals surface area (Å²) in [5.41, 5.74) is 1.43. The molecule has 1 aliphatic carbocycles. The lowest BCUT2D eigenvalue weighted by Crippen LogP contribution is -2.14. The summed E-state index contributed by atoms with van der Waals surface area (Å²) in [5.74, 6) is 1.23. The van der Waals surface area contributed by atoms with Crippen LogP contribution in [-0.4, -0.2) is 25.1 Å². The van der Waals surface area contributed by atoms with Gasteiger partial charge >= 0.3 is 0 Å². The van der Waals surface area contributed by atoms with Gasteiger partial charge in [-0.2, -0.15) is 20.1 Å². The predicted octanol–water partition coefficient (Wildman–Crippen LogP) is 4.23. The summed E-state index contributed by atoms with van der Waals surface area (Å²) >= 11 is 0. The Balaban J connectivity index is 1.53. The van der Waals surface area contributed by atoms with E-state index in [0.717, 1.165) is 11.8 Å². The van der Waals surface area contributed by atoms with E-state index in [-0.39, 0.29) is 0 Å². The zero-order valence-electron chi connectivity index (χ0n) is 15.6. The number of halogens is 2. The van der Waals surface area contributed by atoms with Crippen LogP contribution in [0.15, 0.2) is 24.3 Å². The average molecular weight is 385 g/mol. The van der Waals surface area contributed by atoms with Gasteiger partial charge in [-0.1, -0.05) is 13.0 Å². The monoisotopic (exact) mass is 385 g/mol. The van der Waals surface area contributed by atoms with Gasteiger partial charge in [0.05, 0.1) is 6.04 Å². The molecule has 1 atom stereocenters. The van der Waals surface area contributed by atoms with Crippen LogP contribution in [0.3, 0.4) is 0 Å². The molecule has 1 unspecified atom stereocenters. The molecule has 1 aromatic carbocycles. The summed E-state index contributed by atoms with van der Waals surface area (Å²) in [4.78, 5) is 13.1. The van der Waals surface area contributed by atoms with E-state index < -0.39 is 17.7 Å². The molecule has 9 heteroatoms. The maximum atomic E-state index is 14.0. The molecule has 7 nitrogen and oxygen atoms in total. The Bertz CT molecular complexity index is 984. The van der Waals surface area contributed by atoms with E-state index >= 15 is 0 Å². The Morgan fingerprint density at radius 2 is 1.93 bits per heavy atom. The van der Waals surface area contributed by atoms with Gasteiger partial charge in [0.15, 0.2) is 5.82 Å². The third-order valence-corrected chi connectivity index (χ3v) is 4.63. The Morgan fingerprint density at radius 1 is 1.14 bits per heavy atom. The molecule has 2 heterocycles. The SMILES string of the molecule is CCc1nc(Nc2cc(C3CC3)[nH]n2)nc(NC(C)c2ccc(F)cc2F)n1. The third kappa shape index (κ3) is 4.08. The molecular formula is C19H21F2N7. The second-order valence-corrected chi connectivity index (χ2v) is 6.89. The molecule has 2 aromatic heterocycles. The fraction of sp³-hybridized carbons (Fsp3) is 0.368. The largest absolute Gasteiger partial charge is 0.347 e. The van der Waals surface area contributed by atoms with Crippen molar-refractivity contribution in [1.29, 1.82) is 0 Å². The minimum Gasteiger partial charge on any atom is -0.347 e. The van der Waals surface area contributed by atoms with Crippen molar-refractivity contribution in [3.05, 3.63) is 53.0 Å². The van der Waals surface area contributed by atoms with Crippen molar-refractivity contribution in [1.82, 2.24) is 25.1 Å². The van der Waals surface area contributed by atoms with Gasteiger partial charge in [-0.25, -0.2) is 8.78 Å². The Kier molecular flexibility index (Phi) is 4.89. The van der Waals surface area contributed by atoms with E-state index in [4.69, 9.17) is 0 Å². The maximum Gasteiger partial charge on any atom is 0.233 e. The quantitative estimate of drug-likeness (QED) is 0.564. The van der Waals surface area contributed by atoms with Crippen LogP contribution in [0.2, 0.25) is 0 Å². The highest BCUT2D eigenvalue weighted by Crippen LogP contribution is 2.39. The van der Waals surface area contributed by atoms with Gasteiger partial charge in [0.25, 0.3) is 0 Å². The molecule has 28 heavy (non-hydrogen) atoms. The molecule has 3 N–H and O–H groups in total. The van der Waals surface area contributed by atoms with E-state index in [1.54, 1.807) is 6.92 Å². The topological polar surface area (TPSA) is 91.4 Å². The van der Waals surface area contributed by atoms with Crippen molar-refractivity contribution in [2.45, 2.75) is 45.1 Å². The van der Waals surface area contributed by atoms with Crippen molar-refractivity contribution in [2.75, 3.05) is 10.6 Å². The summed E-state index contributed by atoms with van der Waals surface area (Å²) in [5, 5.41) is 13.4. The lowest BCUT2D eigenvalue weighted by atomic mass is 10.1. The number of aromatic nitrogens is 5. The number of hydrogen-bond donors (Lipinski definition) is 3. The molecule has 1 fully saturated rings. The van der Waals surface area contributed by atoms with Gasteiger partial charge in [0, 0.05) is 35.7 Å². The van der Waals surface area contributed by atoms with Crippen molar-refractivity contribution < 1.29 is 8.78 Å². The number of rotatable bonds is 7. The minimum atomic E-state index is -0.618. The molecule has 3 aromatic rings. The van der Waals surface area contributed by atoms with Crippen LogP contribution in [-0.2, 0) is 6.42 Å². The van der Waals surface area contributed by atoms with E-state index in [9.17, 15) is 8.78 Å². The third-order valence-electron chi connectivity index (χ3n) is 4.63. The predicted molar refractivity (Wildman–Crippen MR) is 101 cm³/mol. The smallest absolute Gasteiger partial charge is 0.233 e. The van der Waals surface area contributed by atoms with Gasteiger partial charge in [0.1, 0.15) is 17.5 Å². The van der Waals surface area contributed by atoms with Crippen LogP contribution in [0.4, 0.5) is 26.5 Å². The summed E-state index contributed by atoms with van der Waals surface area (Å²) in [6, 6.07) is 5.00. The highest BCUT2D eigenvalue weighted by atomic mass is 19.1. The van der Waals surface area contributed by atoms with E-state index in [2.05, 4.69) is 35.8 Å². The first kappa shape index (κ1) is 18.3. The molecule has 0 radical (unpaired) electrons. The lowest BCUT2D eigenvalue weighted by Gasteiger charge is -2.16. The standard InChI is InChI=1S/C19H21F2N7/c1-3-16-23-18(22-10(2)13-7-6-12(20)8-14(13)21)26-19(24-16)25-17-9-15(27-28-17)11-4-5-11/h6-11H,3-5H2,1-2H3,(H3,22,23,24,25,26,27,28). The number of anilines is 3. The van der Waals surface area contributed by atoms with Crippen LogP contribution in [0.5, 0.6) is 0 Å². The first-order chi connectivity index (χ1) is 13.5. The summed E-state index contributed by atoms with van der Waals surface area (Å²) in [7, 11) is 0. The normalized spacial score (nSPS) is 14.7. The van der Waals surface area contributed by atoms with Crippen LogP contribution in [0.25, 0.3) is 0 Å². The van der Waals surface area contributed by atoms with E-state index in [1.807, 2.05) is 13.0 Å². The number of aromatic amines is 1. The molecule has 4 rings (SSSR count). The molecule has 0 aliphatic heterocycles. The highest BCUT2D eigenvalue weighted by Gasteiger charge is 2.25. The number of aryl methyl sites for hydroxylation is 1. The zero-order valence-corrected chi connectivity index (χ0v) is 15.6. The highest BCUT2D eigenvalue weighted by molar-refractivity contribution is 5.50. The van der Waals surface area contributed by atoms with Crippen molar-refractivity contribution in [2.24, 2.45) is 0 Å². The van der Waals surface area contributed by atoms with Gasteiger partial charge < -0.3 is 10.6 Å². The second-order valence-electron chi connectivity index (χ2n) is 6.89. The molecular weight excluding hydrogens is 364 g/mol. The number of nitrogens with zero attached hydrogens (tertiary/aromatic N) is 4. The Labute approximate surface area is 161 Å². The van der Waals surface area contributed by atoms with Gasteiger partial charge in [-0.15, -0.1) is 0 Å². The average Bonchev–Trinajstić information content (AvgIpc) is 3.41. The number of nitrogens with one attached hydrogen (secondary N) is 3. The van der Waals surface area contributed by atoms with Crippen molar-refractivity contribution >= 4 is 17.7 Å². The first-order valence-corrected chi connectivity index (χ1v) is 9.30. The van der Waals surface area contributed by atoms with Crippen molar-refractivity contribution in [3.63, 3.8) is 0 Å². The van der Waals surface area contributed by atoms with E-state index in [0.29, 0.717) is 41.4 Å².